The average Bonchev–Trinajstić information content (AvgIpc) is 3.02. The first-order valence-corrected chi connectivity index (χ1v) is 6.96. The van der Waals surface area contributed by atoms with Gasteiger partial charge in [0.15, 0.2) is 10.8 Å². The molecule has 0 aliphatic heterocycles. The van der Waals surface area contributed by atoms with Crippen molar-refractivity contribution in [2.45, 2.75) is 19.8 Å². The number of carbonyl (C=O) groups excluding carboxylic acids is 1. The van der Waals surface area contributed by atoms with Crippen molar-refractivity contribution in [3.8, 4) is 10.8 Å². The second kappa shape index (κ2) is 6.33. The molecule has 2 aromatic rings. The van der Waals surface area contributed by atoms with Gasteiger partial charge in [0.2, 0.25) is 0 Å². The summed E-state index contributed by atoms with van der Waals surface area (Å²) in [7, 11) is 0. The Morgan fingerprint density at radius 1 is 1.45 bits per heavy atom. The van der Waals surface area contributed by atoms with Crippen LogP contribution in [0.15, 0.2) is 21.9 Å². The second-order valence-corrected chi connectivity index (χ2v) is 5.06. The number of aromatic nitrogens is 1. The summed E-state index contributed by atoms with van der Waals surface area (Å²) in [4.78, 5) is 26.3. The first-order valence-electron chi connectivity index (χ1n) is 6.08. The summed E-state index contributed by atoms with van der Waals surface area (Å²) in [6.45, 7) is 2.16. The lowest BCUT2D eigenvalue weighted by Crippen LogP contribution is -2.25. The van der Waals surface area contributed by atoms with Gasteiger partial charge in [-0.05, 0) is 25.5 Å². The third-order valence-corrected chi connectivity index (χ3v) is 3.40. The number of rotatable bonds is 6. The summed E-state index contributed by atoms with van der Waals surface area (Å²) in [5, 5.41) is 13.4. The minimum Gasteiger partial charge on any atom is -0.481 e. The molecule has 20 heavy (non-hydrogen) atoms. The molecule has 1 amide bonds. The third-order valence-electron chi connectivity index (χ3n) is 2.54. The molecular formula is C13H14N2O4S. The fourth-order valence-corrected chi connectivity index (χ4v) is 2.33. The molecule has 7 heteroatoms. The van der Waals surface area contributed by atoms with E-state index in [1.807, 2.05) is 19.1 Å². The predicted octanol–water partition coefficient (Wildman–Crippen LogP) is 2.31. The van der Waals surface area contributed by atoms with Crippen LogP contribution < -0.4 is 5.32 Å². The molecule has 0 aliphatic carbocycles. The molecule has 0 bridgehead atoms. The van der Waals surface area contributed by atoms with E-state index in [-0.39, 0.29) is 12.3 Å². The number of furan rings is 1. The average molecular weight is 294 g/mol. The molecule has 0 radical (unpaired) electrons. The Morgan fingerprint density at radius 2 is 2.25 bits per heavy atom. The molecule has 0 saturated carbocycles. The summed E-state index contributed by atoms with van der Waals surface area (Å²) >= 11 is 1.33. The number of carbonyl (C=O) groups is 2. The zero-order valence-electron chi connectivity index (χ0n) is 10.9. The van der Waals surface area contributed by atoms with E-state index in [0.717, 1.165) is 5.76 Å². The fourth-order valence-electron chi connectivity index (χ4n) is 1.57. The van der Waals surface area contributed by atoms with Crippen molar-refractivity contribution >= 4 is 23.2 Å². The highest BCUT2D eigenvalue weighted by atomic mass is 32.1. The lowest BCUT2D eigenvalue weighted by molar-refractivity contribution is -0.137. The summed E-state index contributed by atoms with van der Waals surface area (Å²) < 4.78 is 5.44. The molecule has 2 rings (SSSR count). The number of nitrogens with one attached hydrogen (secondary N) is 1. The number of aryl methyl sites for hydroxylation is 1. The quantitative estimate of drug-likeness (QED) is 0.797. The Kier molecular flexibility index (Phi) is 4.52. The maximum atomic E-state index is 11.8. The molecular weight excluding hydrogens is 280 g/mol. The largest absolute Gasteiger partial charge is 0.481 e. The predicted molar refractivity (Wildman–Crippen MR) is 73.8 cm³/mol. The van der Waals surface area contributed by atoms with E-state index < -0.39 is 5.97 Å². The van der Waals surface area contributed by atoms with Gasteiger partial charge in [0.05, 0.1) is 0 Å². The van der Waals surface area contributed by atoms with Crippen LogP contribution in [0.1, 0.15) is 29.1 Å². The summed E-state index contributed by atoms with van der Waals surface area (Å²) in [6, 6.07) is 3.64. The SMILES string of the molecule is Cc1ccc(-c2nc(C(=O)NCCCC(=O)O)cs2)o1. The van der Waals surface area contributed by atoms with Crippen LogP contribution in [0, 0.1) is 6.92 Å². The first kappa shape index (κ1) is 14.3. The van der Waals surface area contributed by atoms with Crippen molar-refractivity contribution in [2.75, 3.05) is 6.54 Å². The Labute approximate surface area is 119 Å². The van der Waals surface area contributed by atoms with Crippen molar-refractivity contribution in [1.29, 1.82) is 0 Å². The number of thiazole rings is 1. The topological polar surface area (TPSA) is 92.4 Å². The molecule has 0 aromatic carbocycles. The number of carboxylic acid groups (broad SMARTS) is 1. The van der Waals surface area contributed by atoms with Gasteiger partial charge in [0, 0.05) is 18.3 Å². The molecule has 0 unspecified atom stereocenters. The highest BCUT2D eigenvalue weighted by molar-refractivity contribution is 7.13. The number of hydrogen-bond acceptors (Lipinski definition) is 5. The Hall–Kier alpha value is -2.15. The molecule has 0 fully saturated rings. The zero-order chi connectivity index (χ0) is 14.5. The van der Waals surface area contributed by atoms with Gasteiger partial charge in [0.1, 0.15) is 11.5 Å². The van der Waals surface area contributed by atoms with Crippen molar-refractivity contribution in [2.24, 2.45) is 0 Å². The number of nitrogens with zero attached hydrogens (tertiary/aromatic N) is 1. The van der Waals surface area contributed by atoms with Crippen LogP contribution >= 0.6 is 11.3 Å². The molecule has 0 saturated heterocycles. The highest BCUT2D eigenvalue weighted by Gasteiger charge is 2.13. The molecule has 2 heterocycles. The minimum absolute atomic E-state index is 0.0360. The van der Waals surface area contributed by atoms with Crippen LogP contribution in [0.3, 0.4) is 0 Å². The van der Waals surface area contributed by atoms with Crippen LogP contribution in [0.2, 0.25) is 0 Å². The van der Waals surface area contributed by atoms with E-state index in [4.69, 9.17) is 9.52 Å². The van der Waals surface area contributed by atoms with Gasteiger partial charge in [-0.25, -0.2) is 4.98 Å². The van der Waals surface area contributed by atoms with Gasteiger partial charge in [-0.3, -0.25) is 9.59 Å². The second-order valence-electron chi connectivity index (χ2n) is 4.20. The Morgan fingerprint density at radius 3 is 2.90 bits per heavy atom. The number of aliphatic carboxylic acids is 1. The van der Waals surface area contributed by atoms with Crippen LogP contribution in [-0.2, 0) is 4.79 Å². The van der Waals surface area contributed by atoms with Crippen LogP contribution in [0.5, 0.6) is 0 Å². The summed E-state index contributed by atoms with van der Waals surface area (Å²) in [5.41, 5.74) is 0.314. The highest BCUT2D eigenvalue weighted by Crippen LogP contribution is 2.25. The van der Waals surface area contributed by atoms with E-state index in [0.29, 0.717) is 29.4 Å². The molecule has 2 aromatic heterocycles. The lowest BCUT2D eigenvalue weighted by Gasteiger charge is -2.00. The van der Waals surface area contributed by atoms with Gasteiger partial charge in [-0.1, -0.05) is 0 Å². The van der Waals surface area contributed by atoms with Crippen molar-refractivity contribution < 1.29 is 19.1 Å². The zero-order valence-corrected chi connectivity index (χ0v) is 11.7. The standard InChI is InChI=1S/C13H14N2O4S/c1-8-4-5-10(19-8)13-15-9(7-20-13)12(18)14-6-2-3-11(16)17/h4-5,7H,2-3,6H2,1H3,(H,14,18)(H,16,17). The maximum absolute atomic E-state index is 11.8. The van der Waals surface area contributed by atoms with Gasteiger partial charge in [-0.2, -0.15) is 0 Å². The van der Waals surface area contributed by atoms with Crippen LogP contribution in [0.25, 0.3) is 10.8 Å². The Balaban J connectivity index is 1.91. The Bertz CT molecular complexity index is 617. The van der Waals surface area contributed by atoms with Crippen molar-refractivity contribution in [3.63, 3.8) is 0 Å². The van der Waals surface area contributed by atoms with E-state index in [1.54, 1.807) is 5.38 Å². The summed E-state index contributed by atoms with van der Waals surface area (Å²) in [5.74, 6) is 0.247. The molecule has 0 aliphatic rings. The molecule has 2 N–H and O–H groups in total. The maximum Gasteiger partial charge on any atom is 0.303 e. The normalized spacial score (nSPS) is 10.4. The third kappa shape index (κ3) is 3.67. The van der Waals surface area contributed by atoms with E-state index in [2.05, 4.69) is 10.3 Å². The molecule has 0 atom stereocenters. The van der Waals surface area contributed by atoms with Gasteiger partial charge in [0.25, 0.3) is 5.91 Å². The monoisotopic (exact) mass is 294 g/mol. The fraction of sp³-hybridized carbons (Fsp3) is 0.308. The molecule has 6 nitrogen and oxygen atoms in total. The molecule has 106 valence electrons. The first-order chi connectivity index (χ1) is 9.56. The number of carboxylic acids is 1. The molecule has 0 spiro atoms. The van der Waals surface area contributed by atoms with Crippen LogP contribution in [-0.4, -0.2) is 28.5 Å². The van der Waals surface area contributed by atoms with E-state index in [9.17, 15) is 9.59 Å². The van der Waals surface area contributed by atoms with Crippen LogP contribution in [0.4, 0.5) is 0 Å². The van der Waals surface area contributed by atoms with Crippen molar-refractivity contribution in [1.82, 2.24) is 10.3 Å². The van der Waals surface area contributed by atoms with E-state index >= 15 is 0 Å². The lowest BCUT2D eigenvalue weighted by atomic mass is 10.3. The van der Waals surface area contributed by atoms with Gasteiger partial charge < -0.3 is 14.8 Å². The number of hydrogen-bond donors (Lipinski definition) is 2. The number of amides is 1. The van der Waals surface area contributed by atoms with E-state index in [1.165, 1.54) is 11.3 Å². The van der Waals surface area contributed by atoms with Gasteiger partial charge >= 0.3 is 5.97 Å². The van der Waals surface area contributed by atoms with Gasteiger partial charge in [-0.15, -0.1) is 11.3 Å². The summed E-state index contributed by atoms with van der Waals surface area (Å²) in [6.07, 6.45) is 0.434. The minimum atomic E-state index is -0.872. The smallest absolute Gasteiger partial charge is 0.303 e. The van der Waals surface area contributed by atoms with Crippen molar-refractivity contribution in [3.05, 3.63) is 29.0 Å².